The van der Waals surface area contributed by atoms with Gasteiger partial charge in [-0.3, -0.25) is 0 Å². The largest absolute Gasteiger partial charge is 0.377 e. The van der Waals surface area contributed by atoms with Crippen molar-refractivity contribution in [3.05, 3.63) is 35.4 Å². The van der Waals surface area contributed by atoms with Gasteiger partial charge >= 0.3 is 0 Å². The van der Waals surface area contributed by atoms with Crippen LogP contribution in [0.5, 0.6) is 0 Å². The van der Waals surface area contributed by atoms with Gasteiger partial charge in [0.05, 0.1) is 6.61 Å². The minimum atomic E-state index is 0.354. The average molecular weight is 263 g/mol. The fourth-order valence-electron chi connectivity index (χ4n) is 1.93. The monoisotopic (exact) mass is 263 g/mol. The normalized spacial score (nSPS) is 13.5. The first-order chi connectivity index (χ1) is 8.92. The number of hydrogen-bond acceptors (Lipinski definition) is 2. The lowest BCUT2D eigenvalue weighted by Gasteiger charge is -2.17. The summed E-state index contributed by atoms with van der Waals surface area (Å²) in [5, 5.41) is 3.21. The summed E-state index contributed by atoms with van der Waals surface area (Å²) >= 11 is 0. The van der Waals surface area contributed by atoms with E-state index in [9.17, 15) is 0 Å². The maximum Gasteiger partial charge on any atom is 0.0716 e. The fraction of sp³-hybridized carbons (Fsp3) is 0.647. The van der Waals surface area contributed by atoms with Crippen LogP contribution < -0.4 is 5.32 Å². The fourth-order valence-corrected chi connectivity index (χ4v) is 1.93. The highest BCUT2D eigenvalue weighted by atomic mass is 16.5. The summed E-state index contributed by atoms with van der Waals surface area (Å²) < 4.78 is 5.73. The Kier molecular flexibility index (Phi) is 6.53. The molecule has 1 aromatic rings. The van der Waals surface area contributed by atoms with Gasteiger partial charge in [-0.05, 0) is 35.9 Å². The Morgan fingerprint density at radius 2 is 1.79 bits per heavy atom. The number of rotatable bonds is 7. The van der Waals surface area contributed by atoms with Gasteiger partial charge < -0.3 is 10.1 Å². The van der Waals surface area contributed by atoms with Crippen LogP contribution in [-0.2, 0) is 11.3 Å². The van der Waals surface area contributed by atoms with Crippen molar-refractivity contribution >= 4 is 0 Å². The summed E-state index contributed by atoms with van der Waals surface area (Å²) in [7, 11) is 1.99. The van der Waals surface area contributed by atoms with E-state index in [0.717, 1.165) is 26.2 Å². The summed E-state index contributed by atoms with van der Waals surface area (Å²) in [6.07, 6.45) is 1.10. The highest BCUT2D eigenvalue weighted by molar-refractivity contribution is 5.24. The number of benzene rings is 1. The van der Waals surface area contributed by atoms with Crippen LogP contribution in [0.15, 0.2) is 24.3 Å². The molecule has 1 rings (SSSR count). The second-order valence-electron chi connectivity index (χ2n) is 6.56. The standard InChI is InChI=1S/C17H29NO/c1-14(12-18-5)16-8-6-15(7-9-16)13-19-11-10-17(2,3)4/h6-9,14,18H,10-13H2,1-5H3. The van der Waals surface area contributed by atoms with E-state index in [1.165, 1.54) is 11.1 Å². The zero-order valence-corrected chi connectivity index (χ0v) is 13.1. The molecule has 1 atom stereocenters. The van der Waals surface area contributed by atoms with Crippen molar-refractivity contribution in [2.75, 3.05) is 20.2 Å². The Morgan fingerprint density at radius 1 is 1.16 bits per heavy atom. The Balaban J connectivity index is 2.36. The second-order valence-corrected chi connectivity index (χ2v) is 6.56. The lowest BCUT2D eigenvalue weighted by Crippen LogP contribution is -2.14. The van der Waals surface area contributed by atoms with Crippen molar-refractivity contribution in [2.24, 2.45) is 5.41 Å². The molecule has 1 N–H and O–H groups in total. The van der Waals surface area contributed by atoms with E-state index >= 15 is 0 Å². The van der Waals surface area contributed by atoms with E-state index in [-0.39, 0.29) is 0 Å². The first kappa shape index (κ1) is 16.2. The van der Waals surface area contributed by atoms with Gasteiger partial charge in [-0.15, -0.1) is 0 Å². The summed E-state index contributed by atoms with van der Waals surface area (Å²) in [6.45, 7) is 11.5. The molecule has 2 heteroatoms. The molecule has 0 aliphatic rings. The molecular formula is C17H29NO. The smallest absolute Gasteiger partial charge is 0.0716 e. The molecule has 0 aromatic heterocycles. The predicted molar refractivity (Wildman–Crippen MR) is 82.5 cm³/mol. The van der Waals surface area contributed by atoms with Crippen LogP contribution in [0.25, 0.3) is 0 Å². The quantitative estimate of drug-likeness (QED) is 0.752. The first-order valence-electron chi connectivity index (χ1n) is 7.23. The molecule has 0 saturated carbocycles. The Morgan fingerprint density at radius 3 is 2.32 bits per heavy atom. The molecule has 0 bridgehead atoms. The summed E-state index contributed by atoms with van der Waals surface area (Å²) in [6, 6.07) is 8.78. The predicted octanol–water partition coefficient (Wildman–Crippen LogP) is 3.96. The third kappa shape index (κ3) is 6.74. The van der Waals surface area contributed by atoms with E-state index in [0.29, 0.717) is 11.3 Å². The van der Waals surface area contributed by atoms with E-state index in [4.69, 9.17) is 4.74 Å². The van der Waals surface area contributed by atoms with Crippen LogP contribution >= 0.6 is 0 Å². The molecule has 0 aliphatic carbocycles. The van der Waals surface area contributed by atoms with E-state index in [1.54, 1.807) is 0 Å². The van der Waals surface area contributed by atoms with Crippen LogP contribution in [0.3, 0.4) is 0 Å². The third-order valence-corrected chi connectivity index (χ3v) is 3.32. The van der Waals surface area contributed by atoms with E-state index in [2.05, 4.69) is 57.3 Å². The van der Waals surface area contributed by atoms with Crippen molar-refractivity contribution in [3.8, 4) is 0 Å². The minimum absolute atomic E-state index is 0.354. The number of likely N-dealkylation sites (N-methyl/N-ethyl adjacent to an activating group) is 1. The number of ether oxygens (including phenoxy) is 1. The molecule has 0 saturated heterocycles. The Bertz CT molecular complexity index is 351. The van der Waals surface area contributed by atoms with E-state index < -0.39 is 0 Å². The molecule has 1 aromatic carbocycles. The van der Waals surface area contributed by atoms with Gasteiger partial charge in [-0.2, -0.15) is 0 Å². The van der Waals surface area contributed by atoms with Crippen LogP contribution in [0, 0.1) is 5.41 Å². The zero-order chi connectivity index (χ0) is 14.3. The minimum Gasteiger partial charge on any atom is -0.377 e. The third-order valence-electron chi connectivity index (χ3n) is 3.32. The number of hydrogen-bond donors (Lipinski definition) is 1. The van der Waals surface area contributed by atoms with Crippen LogP contribution in [0.4, 0.5) is 0 Å². The van der Waals surface area contributed by atoms with Gasteiger partial charge in [0.25, 0.3) is 0 Å². The van der Waals surface area contributed by atoms with Crippen molar-refractivity contribution in [1.82, 2.24) is 5.32 Å². The molecule has 2 nitrogen and oxygen atoms in total. The van der Waals surface area contributed by atoms with Crippen LogP contribution in [0.2, 0.25) is 0 Å². The van der Waals surface area contributed by atoms with Crippen molar-refractivity contribution < 1.29 is 4.74 Å². The Labute approximate surface area is 118 Å². The highest BCUT2D eigenvalue weighted by Crippen LogP contribution is 2.19. The topological polar surface area (TPSA) is 21.3 Å². The summed E-state index contributed by atoms with van der Waals surface area (Å²) in [4.78, 5) is 0. The molecule has 0 amide bonds. The summed E-state index contributed by atoms with van der Waals surface area (Å²) in [5.74, 6) is 0.556. The zero-order valence-electron chi connectivity index (χ0n) is 13.1. The highest BCUT2D eigenvalue weighted by Gasteiger charge is 2.09. The Hall–Kier alpha value is -0.860. The van der Waals surface area contributed by atoms with Crippen LogP contribution in [0.1, 0.15) is 51.2 Å². The second kappa shape index (κ2) is 7.66. The molecule has 0 heterocycles. The van der Waals surface area contributed by atoms with Gasteiger partial charge in [0.1, 0.15) is 0 Å². The average Bonchev–Trinajstić information content (AvgIpc) is 2.34. The number of nitrogens with one attached hydrogen (secondary N) is 1. The SMILES string of the molecule is CNCC(C)c1ccc(COCCC(C)(C)C)cc1. The van der Waals surface area contributed by atoms with Crippen molar-refractivity contribution in [1.29, 1.82) is 0 Å². The van der Waals surface area contributed by atoms with E-state index in [1.807, 2.05) is 7.05 Å². The van der Waals surface area contributed by atoms with Gasteiger partial charge in [-0.1, -0.05) is 52.0 Å². The lowest BCUT2D eigenvalue weighted by molar-refractivity contribution is 0.0962. The molecule has 19 heavy (non-hydrogen) atoms. The maximum absolute atomic E-state index is 5.73. The molecule has 0 aliphatic heterocycles. The van der Waals surface area contributed by atoms with Gasteiger partial charge in [0.15, 0.2) is 0 Å². The maximum atomic E-state index is 5.73. The molecule has 0 radical (unpaired) electrons. The van der Waals surface area contributed by atoms with Gasteiger partial charge in [-0.25, -0.2) is 0 Å². The van der Waals surface area contributed by atoms with Crippen molar-refractivity contribution in [2.45, 2.75) is 46.6 Å². The molecule has 1 unspecified atom stereocenters. The van der Waals surface area contributed by atoms with Crippen LogP contribution in [-0.4, -0.2) is 20.2 Å². The first-order valence-corrected chi connectivity index (χ1v) is 7.23. The molecular weight excluding hydrogens is 234 g/mol. The van der Waals surface area contributed by atoms with Gasteiger partial charge in [0, 0.05) is 13.2 Å². The molecule has 0 fully saturated rings. The lowest BCUT2D eigenvalue weighted by atomic mass is 9.93. The molecule has 0 spiro atoms. The van der Waals surface area contributed by atoms with Crippen molar-refractivity contribution in [3.63, 3.8) is 0 Å². The summed E-state index contributed by atoms with van der Waals surface area (Å²) in [5.41, 5.74) is 2.99. The van der Waals surface area contributed by atoms with Gasteiger partial charge in [0.2, 0.25) is 0 Å². The molecule has 108 valence electrons.